The number of carbonyl (C=O) groups is 1. The van der Waals surface area contributed by atoms with Crippen LogP contribution in [-0.2, 0) is 27.2 Å². The van der Waals surface area contributed by atoms with Crippen molar-refractivity contribution in [2.24, 2.45) is 5.73 Å². The first-order chi connectivity index (χ1) is 20.9. The number of hydrogen-bond acceptors (Lipinski definition) is 6. The Bertz CT molecular complexity index is 1530. The van der Waals surface area contributed by atoms with Crippen LogP contribution in [0.1, 0.15) is 39.9 Å². The lowest BCUT2D eigenvalue weighted by molar-refractivity contribution is -0.147. The maximum Gasteiger partial charge on any atom is 0.330 e. The first-order valence-electron chi connectivity index (χ1n) is 14.3. The van der Waals surface area contributed by atoms with Crippen molar-refractivity contribution in [2.75, 3.05) is 13.4 Å². The number of nitrogens with one attached hydrogen (secondary N) is 1. The standard InChI is InChI=1S/C36H38N4O2S/c1-27-15-13-14-22-32(27)35(37,34(41)42-2)23-33(43-3)38-24-31-25-40(26-39-31)36(28-16-7-4-8-17-28,29-18-9-5-10-19-29)30-20-11-6-12-21-30/h4-22,25-26,33,38H,23-24,37H2,1-3H3/t33?,35-/m1/s1. The SMILES string of the molecule is COC(=O)[C@@](N)(CC(NCc1cn(C(c2ccccc2)(c2ccccc2)c2ccccc2)cn1)SC)c1ccccc1C. The van der Waals surface area contributed by atoms with Crippen molar-refractivity contribution in [3.05, 3.63) is 161 Å². The molecule has 5 aromatic rings. The van der Waals surface area contributed by atoms with Gasteiger partial charge in [-0.15, -0.1) is 11.8 Å². The minimum atomic E-state index is -1.29. The molecule has 4 aromatic carbocycles. The van der Waals surface area contributed by atoms with Crippen LogP contribution < -0.4 is 11.1 Å². The van der Waals surface area contributed by atoms with E-state index in [1.54, 1.807) is 11.8 Å². The van der Waals surface area contributed by atoms with Gasteiger partial charge in [0.15, 0.2) is 0 Å². The molecule has 0 aliphatic carbocycles. The molecular weight excluding hydrogens is 552 g/mol. The Morgan fingerprint density at radius 3 is 1.88 bits per heavy atom. The molecule has 0 fully saturated rings. The number of methoxy groups -OCH3 is 1. The monoisotopic (exact) mass is 590 g/mol. The molecule has 3 N–H and O–H groups in total. The second kappa shape index (κ2) is 13.4. The summed E-state index contributed by atoms with van der Waals surface area (Å²) >= 11 is 1.61. The summed E-state index contributed by atoms with van der Waals surface area (Å²) in [6.07, 6.45) is 6.38. The minimum absolute atomic E-state index is 0.129. The minimum Gasteiger partial charge on any atom is -0.467 e. The molecule has 0 aliphatic rings. The maximum absolute atomic E-state index is 13.0. The Balaban J connectivity index is 1.48. The molecule has 0 aliphatic heterocycles. The average Bonchev–Trinajstić information content (AvgIpc) is 3.54. The zero-order chi connectivity index (χ0) is 30.3. The summed E-state index contributed by atoms with van der Waals surface area (Å²) in [4.78, 5) is 17.9. The predicted octanol–water partition coefficient (Wildman–Crippen LogP) is 6.23. The number of carbonyl (C=O) groups excluding carboxylic acids is 1. The van der Waals surface area contributed by atoms with E-state index >= 15 is 0 Å². The summed E-state index contributed by atoms with van der Waals surface area (Å²) in [5.41, 5.74) is 10.9. The Kier molecular flexibility index (Phi) is 9.46. The molecule has 0 saturated carbocycles. The molecule has 1 heterocycles. The highest BCUT2D eigenvalue weighted by Crippen LogP contribution is 2.41. The van der Waals surface area contributed by atoms with Crippen molar-refractivity contribution < 1.29 is 9.53 Å². The van der Waals surface area contributed by atoms with E-state index in [0.717, 1.165) is 33.5 Å². The molecular formula is C36H38N4O2S. The van der Waals surface area contributed by atoms with Crippen LogP contribution in [0.3, 0.4) is 0 Å². The molecule has 1 aromatic heterocycles. The van der Waals surface area contributed by atoms with Crippen LogP contribution in [-0.4, -0.2) is 34.3 Å². The van der Waals surface area contributed by atoms with E-state index in [1.165, 1.54) is 7.11 Å². The van der Waals surface area contributed by atoms with E-state index in [0.29, 0.717) is 13.0 Å². The van der Waals surface area contributed by atoms with Gasteiger partial charge in [0.05, 0.1) is 24.5 Å². The van der Waals surface area contributed by atoms with Gasteiger partial charge in [-0.3, -0.25) is 5.32 Å². The van der Waals surface area contributed by atoms with Gasteiger partial charge in [-0.1, -0.05) is 115 Å². The van der Waals surface area contributed by atoms with Crippen molar-refractivity contribution >= 4 is 17.7 Å². The number of aromatic nitrogens is 2. The van der Waals surface area contributed by atoms with E-state index in [1.807, 2.05) is 62.0 Å². The molecule has 0 saturated heterocycles. The summed E-state index contributed by atoms with van der Waals surface area (Å²) in [6.45, 7) is 2.46. The number of thioether (sulfide) groups is 1. The molecule has 0 bridgehead atoms. The molecule has 5 rings (SSSR count). The third-order valence-electron chi connectivity index (χ3n) is 8.08. The number of nitrogens with zero attached hydrogens (tertiary/aromatic N) is 2. The van der Waals surface area contributed by atoms with Crippen LogP contribution in [0.4, 0.5) is 0 Å². The molecule has 0 amide bonds. The van der Waals surface area contributed by atoms with E-state index in [-0.39, 0.29) is 5.37 Å². The fourth-order valence-electron chi connectivity index (χ4n) is 5.93. The molecule has 2 atom stereocenters. The molecule has 43 heavy (non-hydrogen) atoms. The Labute approximate surface area is 258 Å². The molecule has 6 nitrogen and oxygen atoms in total. The number of benzene rings is 4. The Hall–Kier alpha value is -4.17. The van der Waals surface area contributed by atoms with Crippen LogP contribution >= 0.6 is 11.8 Å². The summed E-state index contributed by atoms with van der Waals surface area (Å²) in [6, 6.07) is 39.3. The summed E-state index contributed by atoms with van der Waals surface area (Å²) < 4.78 is 7.38. The van der Waals surface area contributed by atoms with Gasteiger partial charge in [0.25, 0.3) is 0 Å². The third kappa shape index (κ3) is 6.02. The highest BCUT2D eigenvalue weighted by Gasteiger charge is 2.41. The lowest BCUT2D eigenvalue weighted by Gasteiger charge is -2.37. The number of aryl methyl sites for hydroxylation is 1. The number of ether oxygens (including phenoxy) is 1. The van der Waals surface area contributed by atoms with Crippen LogP contribution in [0.2, 0.25) is 0 Å². The molecule has 220 valence electrons. The Morgan fingerprint density at radius 1 is 0.884 bits per heavy atom. The van der Waals surface area contributed by atoms with Crippen LogP contribution in [0, 0.1) is 6.92 Å². The molecule has 0 radical (unpaired) electrons. The van der Waals surface area contributed by atoms with Crippen LogP contribution in [0.5, 0.6) is 0 Å². The topological polar surface area (TPSA) is 82.2 Å². The lowest BCUT2D eigenvalue weighted by Crippen LogP contribution is -2.50. The maximum atomic E-state index is 13.0. The van der Waals surface area contributed by atoms with Crippen molar-refractivity contribution in [1.82, 2.24) is 14.9 Å². The second-order valence-corrected chi connectivity index (χ2v) is 11.7. The third-order valence-corrected chi connectivity index (χ3v) is 8.98. The molecule has 7 heteroatoms. The second-order valence-electron chi connectivity index (χ2n) is 10.7. The number of esters is 1. The predicted molar refractivity (Wildman–Crippen MR) is 175 cm³/mol. The highest BCUT2D eigenvalue weighted by atomic mass is 32.2. The van der Waals surface area contributed by atoms with E-state index < -0.39 is 17.0 Å². The summed E-state index contributed by atoms with van der Waals surface area (Å²) in [7, 11) is 1.38. The molecule has 0 spiro atoms. The van der Waals surface area contributed by atoms with Gasteiger partial charge in [-0.25, -0.2) is 9.78 Å². The largest absolute Gasteiger partial charge is 0.467 e. The first kappa shape index (κ1) is 30.3. The van der Waals surface area contributed by atoms with Gasteiger partial charge >= 0.3 is 5.97 Å². The normalized spacial score (nSPS) is 13.7. The van der Waals surface area contributed by atoms with Gasteiger partial charge in [-0.05, 0) is 41.0 Å². The summed E-state index contributed by atoms with van der Waals surface area (Å²) in [5, 5.41) is 3.46. The zero-order valence-corrected chi connectivity index (χ0v) is 25.6. The zero-order valence-electron chi connectivity index (χ0n) is 24.8. The first-order valence-corrected chi connectivity index (χ1v) is 15.6. The fraction of sp³-hybridized carbons (Fsp3) is 0.222. The van der Waals surface area contributed by atoms with Gasteiger partial charge in [0.2, 0.25) is 0 Å². The van der Waals surface area contributed by atoms with E-state index in [4.69, 9.17) is 15.5 Å². The van der Waals surface area contributed by atoms with Gasteiger partial charge < -0.3 is 15.0 Å². The van der Waals surface area contributed by atoms with Crippen molar-refractivity contribution in [2.45, 2.75) is 36.3 Å². The van der Waals surface area contributed by atoms with E-state index in [9.17, 15) is 4.79 Å². The number of rotatable bonds is 12. The quantitative estimate of drug-likeness (QED) is 0.102. The van der Waals surface area contributed by atoms with Crippen LogP contribution in [0.25, 0.3) is 0 Å². The van der Waals surface area contributed by atoms with Crippen molar-refractivity contribution in [3.63, 3.8) is 0 Å². The van der Waals surface area contributed by atoms with Gasteiger partial charge in [-0.2, -0.15) is 0 Å². The van der Waals surface area contributed by atoms with Crippen LogP contribution in [0.15, 0.2) is 128 Å². The van der Waals surface area contributed by atoms with E-state index in [2.05, 4.69) is 88.9 Å². The number of hydrogen-bond donors (Lipinski definition) is 2. The lowest BCUT2D eigenvalue weighted by atomic mass is 9.77. The fourth-order valence-corrected chi connectivity index (χ4v) is 6.61. The summed E-state index contributed by atoms with van der Waals surface area (Å²) in [5.74, 6) is -0.453. The Morgan fingerprint density at radius 2 is 1.40 bits per heavy atom. The number of imidazole rings is 1. The highest BCUT2D eigenvalue weighted by molar-refractivity contribution is 7.99. The van der Waals surface area contributed by atoms with Crippen molar-refractivity contribution in [3.8, 4) is 0 Å². The average molecular weight is 591 g/mol. The van der Waals surface area contributed by atoms with Gasteiger partial charge in [0.1, 0.15) is 11.1 Å². The smallest absolute Gasteiger partial charge is 0.330 e. The number of nitrogens with two attached hydrogens (primary N) is 1. The van der Waals surface area contributed by atoms with Gasteiger partial charge in [0, 0.05) is 19.2 Å². The molecule has 1 unspecified atom stereocenters. The van der Waals surface area contributed by atoms with Crippen molar-refractivity contribution in [1.29, 1.82) is 0 Å².